The third kappa shape index (κ3) is 2.26. The largest absolute Gasteiger partial charge is 0.477 e. The highest BCUT2D eigenvalue weighted by molar-refractivity contribution is 6.28. The Morgan fingerprint density at radius 1 is 1.10 bits per heavy atom. The van der Waals surface area contributed by atoms with E-state index in [0.29, 0.717) is 12.5 Å². The highest BCUT2D eigenvalue weighted by atomic mass is 16.5. The van der Waals surface area contributed by atoms with Crippen LogP contribution in [0.3, 0.4) is 0 Å². The first-order chi connectivity index (χ1) is 9.47. The van der Waals surface area contributed by atoms with Crippen molar-refractivity contribution in [3.05, 3.63) is 23.6 Å². The molecular weight excluding hydrogens is 262 g/mol. The number of hydrogen-bond donors (Lipinski definition) is 0. The van der Waals surface area contributed by atoms with E-state index in [1.54, 1.807) is 6.08 Å². The SMILES string of the molecule is CCN1CCO/C1=C/C=C1C(=O)N(C)C(=O)N(C)C1=O. The van der Waals surface area contributed by atoms with E-state index in [0.717, 1.165) is 22.9 Å². The Kier molecular flexibility index (Phi) is 3.78. The van der Waals surface area contributed by atoms with Crippen molar-refractivity contribution in [1.29, 1.82) is 0 Å². The summed E-state index contributed by atoms with van der Waals surface area (Å²) in [4.78, 5) is 39.3. The summed E-state index contributed by atoms with van der Waals surface area (Å²) < 4.78 is 5.42. The Morgan fingerprint density at radius 3 is 2.25 bits per heavy atom. The molecule has 0 aromatic rings. The molecule has 0 spiro atoms. The van der Waals surface area contributed by atoms with Gasteiger partial charge in [0, 0.05) is 20.6 Å². The van der Waals surface area contributed by atoms with Crippen molar-refractivity contribution in [2.24, 2.45) is 0 Å². The Balaban J connectivity index is 2.28. The lowest BCUT2D eigenvalue weighted by molar-refractivity contribution is -0.134. The van der Waals surface area contributed by atoms with E-state index >= 15 is 0 Å². The van der Waals surface area contributed by atoms with Crippen LogP contribution in [0.2, 0.25) is 0 Å². The second-order valence-corrected chi connectivity index (χ2v) is 4.52. The standard InChI is InChI=1S/C13H17N3O4/c1-4-16-7-8-20-10(16)6-5-9-11(17)14(2)13(19)15(3)12(9)18/h5-6H,4,7-8H2,1-3H3/b10-6+. The first-order valence-corrected chi connectivity index (χ1v) is 6.37. The van der Waals surface area contributed by atoms with Crippen molar-refractivity contribution in [3.63, 3.8) is 0 Å². The van der Waals surface area contributed by atoms with E-state index < -0.39 is 17.8 Å². The van der Waals surface area contributed by atoms with Gasteiger partial charge in [-0.05, 0) is 19.1 Å². The first kappa shape index (κ1) is 14.1. The molecule has 2 rings (SSSR count). The van der Waals surface area contributed by atoms with Gasteiger partial charge in [-0.15, -0.1) is 0 Å². The van der Waals surface area contributed by atoms with Crippen LogP contribution in [0.5, 0.6) is 0 Å². The average Bonchev–Trinajstić information content (AvgIpc) is 2.90. The number of rotatable bonds is 2. The van der Waals surface area contributed by atoms with Crippen LogP contribution in [-0.2, 0) is 14.3 Å². The fraction of sp³-hybridized carbons (Fsp3) is 0.462. The molecule has 2 fully saturated rings. The number of allylic oxidation sites excluding steroid dienone is 2. The van der Waals surface area contributed by atoms with Crippen molar-refractivity contribution in [1.82, 2.24) is 14.7 Å². The van der Waals surface area contributed by atoms with E-state index in [4.69, 9.17) is 4.74 Å². The fourth-order valence-corrected chi connectivity index (χ4v) is 2.08. The molecule has 0 unspecified atom stereocenters. The number of amides is 4. The Hall–Kier alpha value is -2.31. The normalized spacial score (nSPS) is 21.9. The molecule has 0 aliphatic carbocycles. The van der Waals surface area contributed by atoms with Crippen LogP contribution in [0.25, 0.3) is 0 Å². The Labute approximate surface area is 117 Å². The predicted octanol–water partition coefficient (Wildman–Crippen LogP) is 0.157. The minimum absolute atomic E-state index is 0.0475. The van der Waals surface area contributed by atoms with Crippen LogP contribution in [0.4, 0.5) is 4.79 Å². The van der Waals surface area contributed by atoms with E-state index in [-0.39, 0.29) is 5.57 Å². The summed E-state index contributed by atoms with van der Waals surface area (Å²) in [6.45, 7) is 4.15. The number of barbiturate groups is 1. The van der Waals surface area contributed by atoms with Gasteiger partial charge >= 0.3 is 6.03 Å². The number of carbonyl (C=O) groups is 3. The zero-order valence-corrected chi connectivity index (χ0v) is 11.8. The van der Waals surface area contributed by atoms with Crippen molar-refractivity contribution in [2.75, 3.05) is 33.8 Å². The third-order valence-corrected chi connectivity index (χ3v) is 3.34. The molecule has 2 heterocycles. The van der Waals surface area contributed by atoms with Gasteiger partial charge in [-0.3, -0.25) is 19.4 Å². The van der Waals surface area contributed by atoms with Gasteiger partial charge < -0.3 is 9.64 Å². The molecule has 0 N–H and O–H groups in total. The molecule has 2 saturated heterocycles. The minimum atomic E-state index is -0.628. The Bertz CT molecular complexity index is 498. The highest BCUT2D eigenvalue weighted by Gasteiger charge is 2.37. The number of urea groups is 1. The van der Waals surface area contributed by atoms with E-state index in [9.17, 15) is 14.4 Å². The molecule has 20 heavy (non-hydrogen) atoms. The van der Waals surface area contributed by atoms with Gasteiger partial charge in [0.25, 0.3) is 11.8 Å². The monoisotopic (exact) mass is 279 g/mol. The number of ether oxygens (including phenoxy) is 1. The van der Waals surface area contributed by atoms with Crippen molar-refractivity contribution in [2.45, 2.75) is 6.92 Å². The van der Waals surface area contributed by atoms with Crippen LogP contribution in [0, 0.1) is 0 Å². The van der Waals surface area contributed by atoms with Gasteiger partial charge in [-0.1, -0.05) is 0 Å². The lowest BCUT2D eigenvalue weighted by atomic mass is 10.1. The van der Waals surface area contributed by atoms with Crippen LogP contribution in [0.1, 0.15) is 6.92 Å². The minimum Gasteiger partial charge on any atom is -0.477 e. The zero-order valence-electron chi connectivity index (χ0n) is 11.8. The molecule has 0 saturated carbocycles. The molecule has 0 aromatic carbocycles. The van der Waals surface area contributed by atoms with Gasteiger partial charge in [-0.2, -0.15) is 0 Å². The molecule has 0 bridgehead atoms. The average molecular weight is 279 g/mol. The topological polar surface area (TPSA) is 70.2 Å². The molecule has 2 aliphatic heterocycles. The van der Waals surface area contributed by atoms with E-state index in [2.05, 4.69) is 0 Å². The second kappa shape index (κ2) is 5.36. The quantitative estimate of drug-likeness (QED) is 0.532. The smallest absolute Gasteiger partial charge is 0.333 e. The summed E-state index contributed by atoms with van der Waals surface area (Å²) in [7, 11) is 2.69. The molecule has 0 aromatic heterocycles. The predicted molar refractivity (Wildman–Crippen MR) is 70.3 cm³/mol. The number of imide groups is 2. The summed E-state index contributed by atoms with van der Waals surface area (Å²) in [5, 5.41) is 0. The van der Waals surface area contributed by atoms with Gasteiger partial charge in [0.05, 0.1) is 6.54 Å². The number of hydrogen-bond acceptors (Lipinski definition) is 5. The lowest BCUT2D eigenvalue weighted by Crippen LogP contribution is -2.53. The van der Waals surface area contributed by atoms with Crippen molar-refractivity contribution >= 4 is 17.8 Å². The molecule has 4 amide bonds. The van der Waals surface area contributed by atoms with Gasteiger partial charge in [0.2, 0.25) is 0 Å². The van der Waals surface area contributed by atoms with E-state index in [1.807, 2.05) is 11.8 Å². The van der Waals surface area contributed by atoms with Crippen LogP contribution in [0.15, 0.2) is 23.6 Å². The summed E-state index contributed by atoms with van der Waals surface area (Å²) in [5.41, 5.74) is -0.0475. The summed E-state index contributed by atoms with van der Waals surface area (Å²) >= 11 is 0. The summed E-state index contributed by atoms with van der Waals surface area (Å²) in [6.07, 6.45) is 3.01. The number of nitrogens with zero attached hydrogens (tertiary/aromatic N) is 3. The molecule has 0 radical (unpaired) electrons. The molecule has 2 aliphatic rings. The lowest BCUT2D eigenvalue weighted by Gasteiger charge is -2.28. The molecule has 108 valence electrons. The number of carbonyl (C=O) groups excluding carboxylic acids is 3. The van der Waals surface area contributed by atoms with E-state index in [1.165, 1.54) is 20.2 Å². The zero-order chi connectivity index (χ0) is 14.9. The van der Waals surface area contributed by atoms with Crippen LogP contribution >= 0.6 is 0 Å². The summed E-state index contributed by atoms with van der Waals surface area (Å²) in [5.74, 6) is -0.574. The number of likely N-dealkylation sites (N-methyl/N-ethyl adjacent to an activating group) is 3. The maximum atomic E-state index is 12.0. The van der Waals surface area contributed by atoms with Gasteiger partial charge in [0.1, 0.15) is 12.2 Å². The summed E-state index contributed by atoms with van der Waals surface area (Å²) in [6, 6.07) is -0.628. The third-order valence-electron chi connectivity index (χ3n) is 3.34. The van der Waals surface area contributed by atoms with Crippen molar-refractivity contribution < 1.29 is 19.1 Å². The Morgan fingerprint density at radius 2 is 1.70 bits per heavy atom. The van der Waals surface area contributed by atoms with Gasteiger partial charge in [0.15, 0.2) is 5.88 Å². The van der Waals surface area contributed by atoms with Crippen LogP contribution in [-0.4, -0.2) is 66.3 Å². The van der Waals surface area contributed by atoms with Crippen LogP contribution < -0.4 is 0 Å². The fourth-order valence-electron chi connectivity index (χ4n) is 2.08. The first-order valence-electron chi connectivity index (χ1n) is 6.37. The highest BCUT2D eigenvalue weighted by Crippen LogP contribution is 2.17. The molecular formula is C13H17N3O4. The molecule has 7 nitrogen and oxygen atoms in total. The second-order valence-electron chi connectivity index (χ2n) is 4.52. The maximum absolute atomic E-state index is 12.0. The molecule has 0 atom stereocenters. The maximum Gasteiger partial charge on any atom is 0.333 e. The molecule has 7 heteroatoms. The van der Waals surface area contributed by atoms with Crippen molar-refractivity contribution in [3.8, 4) is 0 Å². The van der Waals surface area contributed by atoms with Gasteiger partial charge in [-0.25, -0.2) is 4.79 Å².